The number of anilines is 1. The highest BCUT2D eigenvalue weighted by atomic mass is 35.5. The summed E-state index contributed by atoms with van der Waals surface area (Å²) in [7, 11) is 0. The molecule has 98 valence electrons. The molecule has 1 aromatic rings. The van der Waals surface area contributed by atoms with Crippen molar-refractivity contribution in [2.24, 2.45) is 5.73 Å². The zero-order chi connectivity index (χ0) is 13.1. The van der Waals surface area contributed by atoms with Crippen molar-refractivity contribution >= 4 is 34.6 Å². The Morgan fingerprint density at radius 2 is 2.00 bits per heavy atom. The molecule has 18 heavy (non-hydrogen) atoms. The van der Waals surface area contributed by atoms with Crippen LogP contribution in [0.15, 0.2) is 12.1 Å². The van der Waals surface area contributed by atoms with Gasteiger partial charge in [0, 0.05) is 26.2 Å². The Morgan fingerprint density at radius 3 is 2.50 bits per heavy atom. The predicted molar refractivity (Wildman–Crippen MR) is 77.1 cm³/mol. The van der Waals surface area contributed by atoms with Crippen LogP contribution in [0, 0.1) is 0 Å². The second-order valence-electron chi connectivity index (χ2n) is 4.32. The van der Waals surface area contributed by atoms with Gasteiger partial charge in [0.05, 0.1) is 11.0 Å². The molecule has 1 aliphatic heterocycles. The van der Waals surface area contributed by atoms with Crippen LogP contribution in [-0.4, -0.2) is 52.3 Å². The molecule has 0 aliphatic carbocycles. The molecule has 0 spiro atoms. The van der Waals surface area contributed by atoms with Crippen LogP contribution in [0.25, 0.3) is 0 Å². The van der Waals surface area contributed by atoms with Gasteiger partial charge in [-0.1, -0.05) is 23.8 Å². The van der Waals surface area contributed by atoms with E-state index in [1.54, 1.807) is 6.07 Å². The number of aromatic nitrogens is 2. The fourth-order valence-corrected chi connectivity index (χ4v) is 2.25. The molecule has 0 bridgehead atoms. The molecule has 5 nitrogen and oxygen atoms in total. The number of thiocarbonyl (C=S) groups is 1. The lowest BCUT2D eigenvalue weighted by Gasteiger charge is -2.37. The number of halogens is 1. The third-order valence-corrected chi connectivity index (χ3v) is 3.76. The molecule has 0 aromatic carbocycles. The third-order valence-electron chi connectivity index (χ3n) is 3.22. The second-order valence-corrected chi connectivity index (χ2v) is 5.17. The minimum Gasteiger partial charge on any atom is -0.392 e. The van der Waals surface area contributed by atoms with Crippen molar-refractivity contribution in [1.82, 2.24) is 15.1 Å². The quantitative estimate of drug-likeness (QED) is 0.834. The first-order valence-corrected chi connectivity index (χ1v) is 6.64. The molecule has 1 aliphatic rings. The van der Waals surface area contributed by atoms with Crippen molar-refractivity contribution in [2.45, 2.75) is 13.0 Å². The number of nitrogens with two attached hydrogens (primary N) is 1. The van der Waals surface area contributed by atoms with E-state index in [0.717, 1.165) is 32.0 Å². The average molecular weight is 286 g/mol. The molecule has 2 N–H and O–H groups in total. The summed E-state index contributed by atoms with van der Waals surface area (Å²) in [4.78, 5) is 5.02. The van der Waals surface area contributed by atoms with Gasteiger partial charge in [0.1, 0.15) is 0 Å². The van der Waals surface area contributed by atoms with Crippen LogP contribution >= 0.6 is 23.8 Å². The first-order valence-electron chi connectivity index (χ1n) is 5.85. The van der Waals surface area contributed by atoms with E-state index >= 15 is 0 Å². The zero-order valence-electron chi connectivity index (χ0n) is 10.2. The van der Waals surface area contributed by atoms with Crippen molar-refractivity contribution in [3.63, 3.8) is 0 Å². The smallest absolute Gasteiger partial charge is 0.151 e. The Labute approximate surface area is 117 Å². The lowest BCUT2D eigenvalue weighted by molar-refractivity contribution is 0.238. The Balaban J connectivity index is 1.94. The van der Waals surface area contributed by atoms with Crippen LogP contribution in [-0.2, 0) is 0 Å². The van der Waals surface area contributed by atoms with E-state index in [9.17, 15) is 0 Å². The Kier molecular flexibility index (Phi) is 4.31. The van der Waals surface area contributed by atoms with Gasteiger partial charge in [-0.2, -0.15) is 0 Å². The van der Waals surface area contributed by atoms with Crippen LogP contribution in [0.1, 0.15) is 6.92 Å². The normalized spacial score (nSPS) is 18.7. The molecule has 0 radical (unpaired) electrons. The Hall–Kier alpha value is -0.980. The summed E-state index contributed by atoms with van der Waals surface area (Å²) >= 11 is 10.7. The van der Waals surface area contributed by atoms with Crippen molar-refractivity contribution in [1.29, 1.82) is 0 Å². The summed E-state index contributed by atoms with van der Waals surface area (Å²) in [5, 5.41) is 8.35. The zero-order valence-corrected chi connectivity index (χ0v) is 11.8. The summed E-state index contributed by atoms with van der Waals surface area (Å²) in [5.41, 5.74) is 5.67. The van der Waals surface area contributed by atoms with Crippen molar-refractivity contribution in [3.8, 4) is 0 Å². The largest absolute Gasteiger partial charge is 0.392 e. The molecular formula is C11H16ClN5S. The van der Waals surface area contributed by atoms with Crippen LogP contribution in [0.2, 0.25) is 5.15 Å². The maximum Gasteiger partial charge on any atom is 0.151 e. The monoisotopic (exact) mass is 285 g/mol. The topological polar surface area (TPSA) is 58.3 Å². The predicted octanol–water partition coefficient (Wildman–Crippen LogP) is 0.927. The molecule has 2 rings (SSSR count). The number of hydrogen-bond acceptors (Lipinski definition) is 5. The molecule has 1 saturated heterocycles. The van der Waals surface area contributed by atoms with E-state index in [0.29, 0.717) is 10.1 Å². The van der Waals surface area contributed by atoms with Gasteiger partial charge >= 0.3 is 0 Å². The van der Waals surface area contributed by atoms with Gasteiger partial charge in [0.25, 0.3) is 0 Å². The number of nitrogens with zero attached hydrogens (tertiary/aromatic N) is 4. The summed E-state index contributed by atoms with van der Waals surface area (Å²) < 4.78 is 0. The highest BCUT2D eigenvalue weighted by Gasteiger charge is 2.23. The SMILES string of the molecule is CC(C(N)=S)N1CCN(c2ccc(Cl)nn2)CC1. The molecule has 0 amide bonds. The fraction of sp³-hybridized carbons (Fsp3) is 0.545. The first kappa shape index (κ1) is 13.5. The summed E-state index contributed by atoms with van der Waals surface area (Å²) in [6.45, 7) is 5.66. The van der Waals surface area contributed by atoms with Gasteiger partial charge in [0.15, 0.2) is 11.0 Å². The second kappa shape index (κ2) is 5.77. The lowest BCUT2D eigenvalue weighted by Crippen LogP contribution is -2.52. The molecule has 1 fully saturated rings. The van der Waals surface area contributed by atoms with E-state index in [-0.39, 0.29) is 6.04 Å². The highest BCUT2D eigenvalue weighted by molar-refractivity contribution is 7.80. The number of hydrogen-bond donors (Lipinski definition) is 1. The molecule has 0 saturated carbocycles. The minimum atomic E-state index is 0.151. The highest BCUT2D eigenvalue weighted by Crippen LogP contribution is 2.15. The maximum atomic E-state index is 5.72. The Morgan fingerprint density at radius 1 is 1.33 bits per heavy atom. The number of piperazine rings is 1. The average Bonchev–Trinajstić information content (AvgIpc) is 2.39. The standard InChI is InChI=1S/C11H16ClN5S/c1-8(11(13)18)16-4-6-17(7-5-16)10-3-2-9(12)14-15-10/h2-3,8H,4-7H2,1H3,(H2,13,18). The molecule has 2 heterocycles. The van der Waals surface area contributed by atoms with E-state index < -0.39 is 0 Å². The van der Waals surface area contributed by atoms with E-state index in [4.69, 9.17) is 29.6 Å². The van der Waals surface area contributed by atoms with Crippen molar-refractivity contribution in [2.75, 3.05) is 31.1 Å². The van der Waals surface area contributed by atoms with Crippen molar-refractivity contribution in [3.05, 3.63) is 17.3 Å². The van der Waals surface area contributed by atoms with Crippen LogP contribution < -0.4 is 10.6 Å². The third kappa shape index (κ3) is 3.07. The molecule has 1 atom stereocenters. The minimum absolute atomic E-state index is 0.151. The van der Waals surface area contributed by atoms with Gasteiger partial charge in [-0.25, -0.2) is 0 Å². The Bertz CT molecular complexity index is 416. The van der Waals surface area contributed by atoms with Gasteiger partial charge in [-0.05, 0) is 19.1 Å². The fourth-order valence-electron chi connectivity index (χ4n) is 2.00. The number of rotatable bonds is 3. The first-order chi connectivity index (χ1) is 8.58. The van der Waals surface area contributed by atoms with Crippen molar-refractivity contribution < 1.29 is 0 Å². The van der Waals surface area contributed by atoms with Gasteiger partial charge in [-0.3, -0.25) is 4.90 Å². The maximum absolute atomic E-state index is 5.72. The molecule has 1 unspecified atom stereocenters. The van der Waals surface area contributed by atoms with Gasteiger partial charge < -0.3 is 10.6 Å². The van der Waals surface area contributed by atoms with E-state index in [1.165, 1.54) is 0 Å². The molecule has 7 heteroatoms. The molecular weight excluding hydrogens is 270 g/mol. The summed E-state index contributed by atoms with van der Waals surface area (Å²) in [6, 6.07) is 3.80. The lowest BCUT2D eigenvalue weighted by atomic mass is 10.2. The van der Waals surface area contributed by atoms with Crippen LogP contribution in [0.3, 0.4) is 0 Å². The molecule has 1 aromatic heterocycles. The van der Waals surface area contributed by atoms with Gasteiger partial charge in [0.2, 0.25) is 0 Å². The van der Waals surface area contributed by atoms with E-state index in [2.05, 4.69) is 20.0 Å². The van der Waals surface area contributed by atoms with Crippen LogP contribution in [0.5, 0.6) is 0 Å². The summed E-state index contributed by atoms with van der Waals surface area (Å²) in [5.74, 6) is 0.863. The van der Waals surface area contributed by atoms with E-state index in [1.807, 2.05) is 13.0 Å². The van der Waals surface area contributed by atoms with Gasteiger partial charge in [-0.15, -0.1) is 10.2 Å². The summed E-state index contributed by atoms with van der Waals surface area (Å²) in [6.07, 6.45) is 0. The van der Waals surface area contributed by atoms with Crippen LogP contribution in [0.4, 0.5) is 5.82 Å².